The first-order valence-corrected chi connectivity index (χ1v) is 9.94. The van der Waals surface area contributed by atoms with Crippen molar-refractivity contribution in [1.29, 1.82) is 0 Å². The number of Topliss-reactive ketones (excluding diaryl/α,β-unsaturated/α-hetero) is 1. The van der Waals surface area contributed by atoms with E-state index in [4.69, 9.17) is 5.73 Å². The number of nitrogens with two attached hydrogens (primary N) is 1. The van der Waals surface area contributed by atoms with Gasteiger partial charge in [0.1, 0.15) is 17.3 Å². The van der Waals surface area contributed by atoms with Gasteiger partial charge in [0.15, 0.2) is 5.78 Å². The number of nitrogens with zero attached hydrogens (tertiary/aromatic N) is 3. The van der Waals surface area contributed by atoms with E-state index >= 15 is 0 Å². The molecular weight excluding hydrogens is 395 g/mol. The zero-order valence-electron chi connectivity index (χ0n) is 16.5. The highest BCUT2D eigenvalue weighted by molar-refractivity contribution is 6.08. The number of halogens is 1. The van der Waals surface area contributed by atoms with Crippen molar-refractivity contribution < 1.29 is 9.18 Å². The van der Waals surface area contributed by atoms with Gasteiger partial charge in [0.05, 0.1) is 16.7 Å². The molecule has 5 aromatic rings. The predicted octanol–water partition coefficient (Wildman–Crippen LogP) is 4.43. The van der Waals surface area contributed by atoms with Gasteiger partial charge in [-0.2, -0.15) is 5.10 Å². The maximum absolute atomic E-state index is 13.3. The lowest BCUT2D eigenvalue weighted by atomic mass is 10.1. The average Bonchev–Trinajstić information content (AvgIpc) is 3.44. The lowest BCUT2D eigenvalue weighted by Gasteiger charge is -2.04. The summed E-state index contributed by atoms with van der Waals surface area (Å²) in [7, 11) is 0. The van der Waals surface area contributed by atoms with E-state index < -0.39 is 5.82 Å². The van der Waals surface area contributed by atoms with Gasteiger partial charge in [0.25, 0.3) is 0 Å². The fourth-order valence-electron chi connectivity index (χ4n) is 3.79. The third kappa shape index (κ3) is 3.63. The van der Waals surface area contributed by atoms with Gasteiger partial charge in [0, 0.05) is 46.9 Å². The summed E-state index contributed by atoms with van der Waals surface area (Å²) >= 11 is 0. The number of hydrogen-bond donors (Lipinski definition) is 3. The fraction of sp³-hybridized carbons (Fsp3) is 0.130. The molecule has 4 N–H and O–H groups in total. The maximum atomic E-state index is 13.3. The lowest BCUT2D eigenvalue weighted by Crippen LogP contribution is -2.03. The molecule has 0 aliphatic rings. The second kappa shape index (κ2) is 7.64. The summed E-state index contributed by atoms with van der Waals surface area (Å²) < 4.78 is 13.3. The topological polar surface area (TPSA) is 113 Å². The quantitative estimate of drug-likeness (QED) is 0.356. The number of carbonyl (C=O) groups excluding carboxylic acids is 1. The number of fused-ring (bicyclic) bond motifs is 3. The van der Waals surface area contributed by atoms with Gasteiger partial charge in [-0.05, 0) is 37.1 Å². The van der Waals surface area contributed by atoms with Crippen molar-refractivity contribution in [3.05, 3.63) is 72.1 Å². The minimum Gasteiger partial charge on any atom is -0.383 e. The molecule has 0 bridgehead atoms. The zero-order chi connectivity index (χ0) is 21.4. The van der Waals surface area contributed by atoms with E-state index in [1.165, 1.54) is 18.3 Å². The van der Waals surface area contributed by atoms with Gasteiger partial charge in [-0.3, -0.25) is 14.9 Å². The van der Waals surface area contributed by atoms with Gasteiger partial charge in [-0.1, -0.05) is 12.1 Å². The average molecular weight is 414 g/mol. The van der Waals surface area contributed by atoms with Crippen LogP contribution < -0.4 is 5.73 Å². The van der Waals surface area contributed by atoms with Crippen LogP contribution in [0.4, 0.5) is 10.2 Å². The van der Waals surface area contributed by atoms with Crippen LogP contribution in [0.1, 0.15) is 29.0 Å². The van der Waals surface area contributed by atoms with Crippen molar-refractivity contribution in [3.63, 3.8) is 0 Å². The molecule has 154 valence electrons. The molecule has 0 saturated heterocycles. The van der Waals surface area contributed by atoms with Crippen molar-refractivity contribution in [3.8, 4) is 11.3 Å². The summed E-state index contributed by atoms with van der Waals surface area (Å²) in [6.45, 7) is 0. The number of carbonyl (C=O) groups is 1. The van der Waals surface area contributed by atoms with Crippen LogP contribution in [-0.2, 0) is 6.42 Å². The number of aromatic nitrogens is 5. The van der Waals surface area contributed by atoms with Crippen LogP contribution in [0.3, 0.4) is 0 Å². The number of ketones is 1. The van der Waals surface area contributed by atoms with Gasteiger partial charge in [0.2, 0.25) is 0 Å². The molecular formula is C23H19FN6O. The molecule has 4 aromatic heterocycles. The number of aromatic amines is 2. The van der Waals surface area contributed by atoms with E-state index in [1.54, 1.807) is 6.20 Å². The number of anilines is 1. The summed E-state index contributed by atoms with van der Waals surface area (Å²) in [5.74, 6) is -0.181. The number of nitrogens with one attached hydrogen (secondary N) is 2. The molecule has 8 heteroatoms. The molecule has 31 heavy (non-hydrogen) atoms. The SMILES string of the molecule is Nc1nc2cc(-c3ccn[nH]3)ccc2c2[nH]c(CCCC(=O)c3cc(F)ccn3)cc12. The van der Waals surface area contributed by atoms with Crippen molar-refractivity contribution in [2.24, 2.45) is 0 Å². The summed E-state index contributed by atoms with van der Waals surface area (Å²) in [6.07, 6.45) is 4.56. The van der Waals surface area contributed by atoms with E-state index in [0.717, 1.165) is 38.8 Å². The molecule has 0 saturated carbocycles. The molecule has 0 aliphatic heterocycles. The Morgan fingerprint density at radius 2 is 1.97 bits per heavy atom. The van der Waals surface area contributed by atoms with Crippen LogP contribution in [0.15, 0.2) is 54.9 Å². The highest BCUT2D eigenvalue weighted by atomic mass is 19.1. The molecule has 4 heterocycles. The number of aryl methyl sites for hydroxylation is 1. The number of benzene rings is 1. The van der Waals surface area contributed by atoms with Crippen LogP contribution in [0.25, 0.3) is 33.1 Å². The smallest absolute Gasteiger partial charge is 0.181 e. The van der Waals surface area contributed by atoms with Crippen LogP contribution in [0.5, 0.6) is 0 Å². The van der Waals surface area contributed by atoms with Gasteiger partial charge in [-0.25, -0.2) is 9.37 Å². The predicted molar refractivity (Wildman–Crippen MR) is 117 cm³/mol. The molecule has 5 rings (SSSR count). The second-order valence-electron chi connectivity index (χ2n) is 7.42. The molecule has 0 fully saturated rings. The Morgan fingerprint density at radius 1 is 1.06 bits per heavy atom. The highest BCUT2D eigenvalue weighted by Crippen LogP contribution is 2.31. The first-order chi connectivity index (χ1) is 15.1. The first-order valence-electron chi connectivity index (χ1n) is 9.94. The monoisotopic (exact) mass is 414 g/mol. The third-order valence-electron chi connectivity index (χ3n) is 5.33. The Kier molecular flexibility index (Phi) is 4.66. The van der Waals surface area contributed by atoms with E-state index in [9.17, 15) is 9.18 Å². The number of pyridine rings is 2. The molecule has 0 amide bonds. The Morgan fingerprint density at radius 3 is 2.77 bits per heavy atom. The molecule has 0 aliphatic carbocycles. The van der Waals surface area contributed by atoms with Gasteiger partial charge >= 0.3 is 0 Å². The Balaban J connectivity index is 1.38. The number of H-pyrrole nitrogens is 2. The summed E-state index contributed by atoms with van der Waals surface area (Å²) in [5, 5.41) is 8.77. The second-order valence-corrected chi connectivity index (χ2v) is 7.42. The summed E-state index contributed by atoms with van der Waals surface area (Å²) in [6, 6.07) is 12.3. The van der Waals surface area contributed by atoms with E-state index in [1.807, 2.05) is 30.3 Å². The third-order valence-corrected chi connectivity index (χ3v) is 5.33. The van der Waals surface area contributed by atoms with Gasteiger partial charge < -0.3 is 10.7 Å². The first kappa shape index (κ1) is 18.9. The summed E-state index contributed by atoms with van der Waals surface area (Å²) in [5.41, 5.74) is 10.9. The molecule has 0 radical (unpaired) electrons. The summed E-state index contributed by atoms with van der Waals surface area (Å²) in [4.78, 5) is 24.2. The molecule has 1 aromatic carbocycles. The largest absolute Gasteiger partial charge is 0.383 e. The normalized spacial score (nSPS) is 11.4. The molecule has 7 nitrogen and oxygen atoms in total. The fourth-order valence-corrected chi connectivity index (χ4v) is 3.79. The maximum Gasteiger partial charge on any atom is 0.181 e. The van der Waals surface area contributed by atoms with E-state index in [-0.39, 0.29) is 17.9 Å². The molecule has 0 unspecified atom stereocenters. The Hall–Kier alpha value is -4.07. The van der Waals surface area contributed by atoms with Crippen molar-refractivity contribution >= 4 is 33.4 Å². The van der Waals surface area contributed by atoms with Crippen molar-refractivity contribution in [2.45, 2.75) is 19.3 Å². The zero-order valence-corrected chi connectivity index (χ0v) is 16.5. The lowest BCUT2D eigenvalue weighted by molar-refractivity contribution is 0.0975. The van der Waals surface area contributed by atoms with Crippen LogP contribution >= 0.6 is 0 Å². The van der Waals surface area contributed by atoms with Crippen LogP contribution in [0, 0.1) is 5.82 Å². The van der Waals surface area contributed by atoms with E-state index in [2.05, 4.69) is 25.1 Å². The Bertz CT molecular complexity index is 1410. The highest BCUT2D eigenvalue weighted by Gasteiger charge is 2.13. The minimum absolute atomic E-state index is 0.157. The van der Waals surface area contributed by atoms with Crippen molar-refractivity contribution in [1.82, 2.24) is 25.1 Å². The number of rotatable bonds is 6. The van der Waals surface area contributed by atoms with Crippen LogP contribution in [-0.4, -0.2) is 30.9 Å². The van der Waals surface area contributed by atoms with Gasteiger partial charge in [-0.15, -0.1) is 0 Å². The number of hydrogen-bond acceptors (Lipinski definition) is 5. The molecule has 0 atom stereocenters. The number of nitrogen functional groups attached to an aromatic ring is 1. The Labute approximate surface area is 176 Å². The van der Waals surface area contributed by atoms with Crippen molar-refractivity contribution in [2.75, 3.05) is 5.73 Å². The molecule has 0 spiro atoms. The van der Waals surface area contributed by atoms with Crippen LogP contribution in [0.2, 0.25) is 0 Å². The minimum atomic E-state index is -0.459. The van der Waals surface area contributed by atoms with E-state index in [0.29, 0.717) is 18.7 Å². The standard InChI is InChI=1S/C23H19FN6O/c24-14-6-8-26-20(11-14)21(31)3-1-2-15-12-17-22(28-15)16-5-4-13(18-7-9-27-30-18)10-19(16)29-23(17)25/h4-12,28H,1-3H2,(H2,25,29)(H,27,30).